The van der Waals surface area contributed by atoms with Crippen LogP contribution in [0.25, 0.3) is 0 Å². The van der Waals surface area contributed by atoms with Crippen molar-refractivity contribution in [2.24, 2.45) is 0 Å². The van der Waals surface area contributed by atoms with Crippen molar-refractivity contribution < 1.29 is 22.6 Å². The molecule has 0 bridgehead atoms. The quantitative estimate of drug-likeness (QED) is 0.702. The van der Waals surface area contributed by atoms with Gasteiger partial charge < -0.3 is 14.2 Å². The molecule has 29 heavy (non-hydrogen) atoms. The molecule has 6 nitrogen and oxygen atoms in total. The van der Waals surface area contributed by atoms with E-state index in [9.17, 15) is 8.42 Å². The van der Waals surface area contributed by atoms with Gasteiger partial charge in [0, 0.05) is 17.2 Å². The lowest BCUT2D eigenvalue weighted by molar-refractivity contribution is 0.137. The predicted octanol–water partition coefficient (Wildman–Crippen LogP) is 4.11. The summed E-state index contributed by atoms with van der Waals surface area (Å²) < 4.78 is 45.8. The summed E-state index contributed by atoms with van der Waals surface area (Å²) in [5, 5.41) is 0. The van der Waals surface area contributed by atoms with Crippen LogP contribution in [0.5, 0.6) is 17.2 Å². The highest BCUT2D eigenvalue weighted by atomic mass is 32.2. The standard InChI is InChI=1S/C22H19NO5S/c1-26-20-12-14(23-29(24,25)15-7-3-2-4-8-15)11-17-18-13-27-19-10-6-5-9-16(19)21(18)28-22(17)20/h2-12,18,21,23H,13H2,1H3/t18-,21-/m1/s1. The molecule has 2 aliphatic heterocycles. The molecule has 2 aliphatic rings. The van der Waals surface area contributed by atoms with Crippen LogP contribution in [0.1, 0.15) is 23.1 Å². The summed E-state index contributed by atoms with van der Waals surface area (Å²) in [4.78, 5) is 0.198. The van der Waals surface area contributed by atoms with Crippen molar-refractivity contribution in [1.82, 2.24) is 0 Å². The summed E-state index contributed by atoms with van der Waals surface area (Å²) in [6.07, 6.45) is -0.190. The molecule has 148 valence electrons. The van der Waals surface area contributed by atoms with Crippen LogP contribution in [0, 0.1) is 0 Å². The molecule has 0 spiro atoms. The summed E-state index contributed by atoms with van der Waals surface area (Å²) in [6.45, 7) is 0.451. The van der Waals surface area contributed by atoms with E-state index in [0.717, 1.165) is 16.9 Å². The van der Waals surface area contributed by atoms with Gasteiger partial charge in [0.1, 0.15) is 11.9 Å². The minimum atomic E-state index is -3.71. The minimum Gasteiger partial charge on any atom is -0.493 e. The van der Waals surface area contributed by atoms with Crippen LogP contribution in [0.2, 0.25) is 0 Å². The second kappa shape index (κ2) is 6.70. The molecule has 0 aromatic heterocycles. The number of methoxy groups -OCH3 is 1. The summed E-state index contributed by atoms with van der Waals surface area (Å²) in [5.41, 5.74) is 2.27. The highest BCUT2D eigenvalue weighted by Gasteiger charge is 2.42. The molecule has 7 heteroatoms. The molecule has 5 rings (SSSR count). The van der Waals surface area contributed by atoms with Crippen LogP contribution >= 0.6 is 0 Å². The first-order chi connectivity index (χ1) is 14.1. The van der Waals surface area contributed by atoms with Gasteiger partial charge in [-0.15, -0.1) is 0 Å². The maximum Gasteiger partial charge on any atom is 0.261 e. The van der Waals surface area contributed by atoms with Crippen molar-refractivity contribution in [2.75, 3.05) is 18.4 Å². The summed E-state index contributed by atoms with van der Waals surface area (Å²) in [5.74, 6) is 1.88. The van der Waals surface area contributed by atoms with Crippen LogP contribution in [0.3, 0.4) is 0 Å². The predicted molar refractivity (Wildman–Crippen MR) is 108 cm³/mol. The molecule has 0 unspecified atom stereocenters. The Labute approximate surface area is 169 Å². The number of benzene rings is 3. The highest BCUT2D eigenvalue weighted by Crippen LogP contribution is 2.54. The van der Waals surface area contributed by atoms with Gasteiger partial charge in [-0.05, 0) is 24.3 Å². The molecule has 0 saturated carbocycles. The van der Waals surface area contributed by atoms with E-state index in [-0.39, 0.29) is 16.9 Å². The van der Waals surface area contributed by atoms with Crippen LogP contribution in [-0.4, -0.2) is 22.1 Å². The number of para-hydroxylation sites is 1. The lowest BCUT2D eigenvalue weighted by Crippen LogP contribution is -2.23. The Morgan fingerprint density at radius 3 is 2.55 bits per heavy atom. The van der Waals surface area contributed by atoms with E-state index in [1.165, 1.54) is 0 Å². The van der Waals surface area contributed by atoms with E-state index in [0.29, 0.717) is 23.8 Å². The average molecular weight is 409 g/mol. The number of sulfonamides is 1. The Morgan fingerprint density at radius 2 is 1.76 bits per heavy atom. The van der Waals surface area contributed by atoms with Gasteiger partial charge >= 0.3 is 0 Å². The Kier molecular flexibility index (Phi) is 4.13. The van der Waals surface area contributed by atoms with Crippen molar-refractivity contribution in [3.05, 3.63) is 77.9 Å². The number of fused-ring (bicyclic) bond motifs is 5. The molecule has 1 N–H and O–H groups in total. The number of rotatable bonds is 4. The van der Waals surface area contributed by atoms with Crippen LogP contribution in [-0.2, 0) is 10.0 Å². The molecule has 2 heterocycles. The van der Waals surface area contributed by atoms with E-state index in [4.69, 9.17) is 14.2 Å². The first-order valence-corrected chi connectivity index (χ1v) is 10.7. The van der Waals surface area contributed by atoms with Gasteiger partial charge in [-0.25, -0.2) is 8.42 Å². The summed E-state index contributed by atoms with van der Waals surface area (Å²) in [7, 11) is -2.17. The number of nitrogens with one attached hydrogen (secondary N) is 1. The molecule has 0 fully saturated rings. The van der Waals surface area contributed by atoms with E-state index in [2.05, 4.69) is 4.72 Å². The summed E-state index contributed by atoms with van der Waals surface area (Å²) >= 11 is 0. The van der Waals surface area contributed by atoms with E-state index >= 15 is 0 Å². The molecule has 0 aliphatic carbocycles. The third-order valence-electron chi connectivity index (χ3n) is 5.26. The van der Waals surface area contributed by atoms with Crippen molar-refractivity contribution in [2.45, 2.75) is 16.9 Å². The van der Waals surface area contributed by atoms with Gasteiger partial charge in [-0.3, -0.25) is 4.72 Å². The van der Waals surface area contributed by atoms with Gasteiger partial charge in [-0.2, -0.15) is 0 Å². The SMILES string of the molecule is COc1cc(NS(=O)(=O)c2ccccc2)cc2c1O[C@@H]1c3ccccc3OC[C@H]21. The number of hydrogen-bond acceptors (Lipinski definition) is 5. The van der Waals surface area contributed by atoms with E-state index in [1.807, 2.05) is 24.3 Å². The van der Waals surface area contributed by atoms with Gasteiger partial charge in [0.25, 0.3) is 10.0 Å². The van der Waals surface area contributed by atoms with Crippen molar-refractivity contribution in [1.29, 1.82) is 0 Å². The Bertz CT molecular complexity index is 1180. The maximum absolute atomic E-state index is 12.7. The fourth-order valence-corrected chi connectivity index (χ4v) is 4.97. The number of anilines is 1. The maximum atomic E-state index is 12.7. The number of ether oxygens (including phenoxy) is 3. The molecule has 3 aromatic carbocycles. The zero-order valence-corrected chi connectivity index (χ0v) is 16.5. The zero-order chi connectivity index (χ0) is 20.0. The number of hydrogen-bond donors (Lipinski definition) is 1. The summed E-state index contributed by atoms with van der Waals surface area (Å²) in [6, 6.07) is 19.5. The Morgan fingerprint density at radius 1 is 1.00 bits per heavy atom. The second-order valence-corrected chi connectivity index (χ2v) is 8.69. The fraction of sp³-hybridized carbons (Fsp3) is 0.182. The van der Waals surface area contributed by atoms with Gasteiger partial charge in [-0.1, -0.05) is 36.4 Å². The molecule has 2 atom stereocenters. The molecular weight excluding hydrogens is 390 g/mol. The largest absolute Gasteiger partial charge is 0.493 e. The van der Waals surface area contributed by atoms with Crippen molar-refractivity contribution in [3.8, 4) is 17.2 Å². The van der Waals surface area contributed by atoms with Gasteiger partial charge in [0.05, 0.1) is 30.2 Å². The molecule has 0 amide bonds. The molecule has 0 saturated heterocycles. The van der Waals surface area contributed by atoms with Crippen LogP contribution < -0.4 is 18.9 Å². The fourth-order valence-electron chi connectivity index (χ4n) is 3.91. The molecule has 0 radical (unpaired) electrons. The lowest BCUT2D eigenvalue weighted by atomic mass is 9.89. The smallest absolute Gasteiger partial charge is 0.261 e. The van der Waals surface area contributed by atoms with Gasteiger partial charge in [0.2, 0.25) is 0 Å². The van der Waals surface area contributed by atoms with Crippen molar-refractivity contribution >= 4 is 15.7 Å². The minimum absolute atomic E-state index is 0.0463. The monoisotopic (exact) mass is 409 g/mol. The molecular formula is C22H19NO5S. The highest BCUT2D eigenvalue weighted by molar-refractivity contribution is 7.92. The topological polar surface area (TPSA) is 73.9 Å². The van der Waals surface area contributed by atoms with Crippen molar-refractivity contribution in [3.63, 3.8) is 0 Å². The second-order valence-electron chi connectivity index (χ2n) is 7.01. The van der Waals surface area contributed by atoms with Gasteiger partial charge in [0.15, 0.2) is 11.5 Å². The normalized spacial score (nSPS) is 19.2. The van der Waals surface area contributed by atoms with E-state index in [1.54, 1.807) is 49.6 Å². The molecule has 3 aromatic rings. The third-order valence-corrected chi connectivity index (χ3v) is 6.66. The first-order valence-electron chi connectivity index (χ1n) is 9.25. The Balaban J connectivity index is 1.54. The lowest BCUT2D eigenvalue weighted by Gasteiger charge is -2.27. The third kappa shape index (κ3) is 2.98. The van der Waals surface area contributed by atoms with E-state index < -0.39 is 10.0 Å². The first kappa shape index (κ1) is 17.9. The Hall–Kier alpha value is -3.19. The van der Waals surface area contributed by atoms with Crippen LogP contribution in [0.4, 0.5) is 5.69 Å². The van der Waals surface area contributed by atoms with Crippen LogP contribution in [0.15, 0.2) is 71.6 Å². The zero-order valence-electron chi connectivity index (χ0n) is 15.7. The average Bonchev–Trinajstić information content (AvgIpc) is 3.13.